The van der Waals surface area contributed by atoms with Crippen LogP contribution in [-0.4, -0.2) is 39.6 Å². The van der Waals surface area contributed by atoms with E-state index in [2.05, 4.69) is 15.4 Å². The van der Waals surface area contributed by atoms with Gasteiger partial charge in [-0.25, -0.2) is 8.42 Å². The molecule has 0 saturated heterocycles. The quantitative estimate of drug-likeness (QED) is 0.465. The lowest BCUT2D eigenvalue weighted by Crippen LogP contribution is -2.29. The second-order valence-electron chi connectivity index (χ2n) is 6.90. The zero-order chi connectivity index (χ0) is 22.4. The molecule has 3 aromatic rings. The molecular weight excluding hydrogens is 418 g/mol. The van der Waals surface area contributed by atoms with E-state index in [1.54, 1.807) is 0 Å². The van der Waals surface area contributed by atoms with Gasteiger partial charge in [-0.3, -0.25) is 14.3 Å². The molecule has 0 aliphatic carbocycles. The van der Waals surface area contributed by atoms with Gasteiger partial charge in [0, 0.05) is 18.0 Å². The SMILES string of the molecule is CC(=O)Nc1ccc(NS(C)(=O)=O)c(C(=O)NCCOc2cccc3ccccc23)c1. The van der Waals surface area contributed by atoms with Crippen molar-refractivity contribution in [3.63, 3.8) is 0 Å². The van der Waals surface area contributed by atoms with Crippen LogP contribution in [0.1, 0.15) is 17.3 Å². The minimum Gasteiger partial charge on any atom is -0.491 e. The van der Waals surface area contributed by atoms with Gasteiger partial charge in [-0.15, -0.1) is 0 Å². The predicted octanol–water partition coefficient (Wildman–Crippen LogP) is 2.98. The fourth-order valence-corrected chi connectivity index (χ4v) is 3.62. The number of amides is 2. The molecule has 0 aromatic heterocycles. The Balaban J connectivity index is 1.69. The van der Waals surface area contributed by atoms with Crippen LogP contribution in [-0.2, 0) is 14.8 Å². The molecule has 0 fully saturated rings. The number of ether oxygens (including phenoxy) is 1. The Morgan fingerprint density at radius 1 is 1.00 bits per heavy atom. The maximum Gasteiger partial charge on any atom is 0.253 e. The van der Waals surface area contributed by atoms with Gasteiger partial charge in [-0.05, 0) is 29.7 Å². The minimum absolute atomic E-state index is 0.0850. The van der Waals surface area contributed by atoms with Gasteiger partial charge in [0.05, 0.1) is 24.1 Å². The standard InChI is InChI=1S/C22H23N3O5S/c1-15(26)24-17-10-11-20(25-31(2,28)29)19(14-17)22(27)23-12-13-30-21-9-5-7-16-6-3-4-8-18(16)21/h3-11,14,25H,12-13H2,1-2H3,(H,23,27)(H,24,26). The molecule has 0 aliphatic rings. The number of rotatable bonds is 8. The second-order valence-corrected chi connectivity index (χ2v) is 8.65. The van der Waals surface area contributed by atoms with E-state index in [-0.39, 0.29) is 30.3 Å². The number of sulfonamides is 1. The molecule has 9 heteroatoms. The highest BCUT2D eigenvalue weighted by atomic mass is 32.2. The summed E-state index contributed by atoms with van der Waals surface area (Å²) in [6.07, 6.45) is 0.994. The summed E-state index contributed by atoms with van der Waals surface area (Å²) in [5, 5.41) is 7.31. The van der Waals surface area contributed by atoms with E-state index in [0.717, 1.165) is 17.0 Å². The largest absolute Gasteiger partial charge is 0.491 e. The molecule has 0 atom stereocenters. The van der Waals surface area contributed by atoms with Crippen LogP contribution in [0.25, 0.3) is 10.8 Å². The molecule has 0 spiro atoms. The van der Waals surface area contributed by atoms with E-state index >= 15 is 0 Å². The van der Waals surface area contributed by atoms with Gasteiger partial charge in [0.1, 0.15) is 12.4 Å². The number of anilines is 2. The average Bonchev–Trinajstić information content (AvgIpc) is 2.71. The third-order valence-electron chi connectivity index (χ3n) is 4.27. The van der Waals surface area contributed by atoms with Gasteiger partial charge in [0.15, 0.2) is 0 Å². The summed E-state index contributed by atoms with van der Waals surface area (Å²) >= 11 is 0. The summed E-state index contributed by atoms with van der Waals surface area (Å²) in [5.41, 5.74) is 0.578. The molecule has 3 N–H and O–H groups in total. The van der Waals surface area contributed by atoms with E-state index < -0.39 is 15.9 Å². The minimum atomic E-state index is -3.59. The zero-order valence-electron chi connectivity index (χ0n) is 17.1. The summed E-state index contributed by atoms with van der Waals surface area (Å²) in [6, 6.07) is 17.9. The molecule has 3 rings (SSSR count). The van der Waals surface area contributed by atoms with E-state index in [9.17, 15) is 18.0 Å². The Morgan fingerprint density at radius 3 is 2.48 bits per heavy atom. The third-order valence-corrected chi connectivity index (χ3v) is 4.87. The van der Waals surface area contributed by atoms with Crippen LogP contribution in [0.3, 0.4) is 0 Å². The lowest BCUT2D eigenvalue weighted by atomic mass is 10.1. The van der Waals surface area contributed by atoms with Crippen molar-refractivity contribution in [1.82, 2.24) is 5.32 Å². The summed E-state index contributed by atoms with van der Waals surface area (Å²) < 4.78 is 31.4. The Kier molecular flexibility index (Phi) is 6.76. The molecule has 0 radical (unpaired) electrons. The summed E-state index contributed by atoms with van der Waals surface area (Å²) in [6.45, 7) is 1.76. The van der Waals surface area contributed by atoms with Crippen molar-refractivity contribution in [3.05, 3.63) is 66.2 Å². The Labute approximate surface area is 180 Å². The van der Waals surface area contributed by atoms with Gasteiger partial charge in [0.2, 0.25) is 15.9 Å². The maximum absolute atomic E-state index is 12.7. The van der Waals surface area contributed by atoms with E-state index in [0.29, 0.717) is 11.4 Å². The molecule has 162 valence electrons. The molecule has 0 unspecified atom stereocenters. The highest BCUT2D eigenvalue weighted by molar-refractivity contribution is 7.92. The number of nitrogens with one attached hydrogen (secondary N) is 3. The predicted molar refractivity (Wildman–Crippen MR) is 121 cm³/mol. The number of hydrogen-bond donors (Lipinski definition) is 3. The molecule has 0 heterocycles. The van der Waals surface area contributed by atoms with Crippen LogP contribution in [0.15, 0.2) is 60.7 Å². The summed E-state index contributed by atoms with van der Waals surface area (Å²) in [7, 11) is -3.59. The molecule has 31 heavy (non-hydrogen) atoms. The first-order valence-electron chi connectivity index (χ1n) is 9.51. The normalized spacial score (nSPS) is 11.0. The lowest BCUT2D eigenvalue weighted by molar-refractivity contribution is -0.114. The fraction of sp³-hybridized carbons (Fsp3) is 0.182. The Bertz CT molecular complexity index is 1220. The second kappa shape index (κ2) is 9.48. The molecule has 2 amide bonds. The summed E-state index contributed by atoms with van der Waals surface area (Å²) in [5.74, 6) is -0.0991. The van der Waals surface area contributed by atoms with Crippen molar-refractivity contribution in [1.29, 1.82) is 0 Å². The fourth-order valence-electron chi connectivity index (χ4n) is 3.04. The highest BCUT2D eigenvalue weighted by Gasteiger charge is 2.15. The van der Waals surface area contributed by atoms with Crippen LogP contribution in [0.2, 0.25) is 0 Å². The average molecular weight is 442 g/mol. The Morgan fingerprint density at radius 2 is 1.74 bits per heavy atom. The monoisotopic (exact) mass is 441 g/mol. The van der Waals surface area contributed by atoms with Gasteiger partial charge in [-0.1, -0.05) is 36.4 Å². The van der Waals surface area contributed by atoms with Crippen molar-refractivity contribution in [3.8, 4) is 5.75 Å². The number of benzene rings is 3. The van der Waals surface area contributed by atoms with Crippen molar-refractivity contribution < 1.29 is 22.7 Å². The van der Waals surface area contributed by atoms with Crippen molar-refractivity contribution in [2.75, 3.05) is 29.4 Å². The van der Waals surface area contributed by atoms with E-state index in [1.807, 2.05) is 42.5 Å². The van der Waals surface area contributed by atoms with Crippen LogP contribution < -0.4 is 20.1 Å². The first-order chi connectivity index (χ1) is 14.7. The van der Waals surface area contributed by atoms with Crippen LogP contribution >= 0.6 is 0 Å². The first kappa shape index (κ1) is 22.1. The van der Waals surface area contributed by atoms with Crippen LogP contribution in [0, 0.1) is 0 Å². The molecule has 0 saturated carbocycles. The molecule has 0 bridgehead atoms. The van der Waals surface area contributed by atoms with Crippen molar-refractivity contribution in [2.24, 2.45) is 0 Å². The lowest BCUT2D eigenvalue weighted by Gasteiger charge is -2.14. The van der Waals surface area contributed by atoms with Gasteiger partial charge >= 0.3 is 0 Å². The maximum atomic E-state index is 12.7. The summed E-state index contributed by atoms with van der Waals surface area (Å²) in [4.78, 5) is 24.0. The van der Waals surface area contributed by atoms with Gasteiger partial charge in [-0.2, -0.15) is 0 Å². The number of fused-ring (bicyclic) bond motifs is 1. The van der Waals surface area contributed by atoms with Crippen LogP contribution in [0.5, 0.6) is 5.75 Å². The molecule has 8 nitrogen and oxygen atoms in total. The smallest absolute Gasteiger partial charge is 0.253 e. The number of carbonyl (C=O) groups excluding carboxylic acids is 2. The zero-order valence-corrected chi connectivity index (χ0v) is 18.0. The van der Waals surface area contributed by atoms with Gasteiger partial charge in [0.25, 0.3) is 5.91 Å². The first-order valence-corrected chi connectivity index (χ1v) is 11.4. The molecule has 3 aromatic carbocycles. The van der Waals surface area contributed by atoms with Crippen molar-refractivity contribution >= 4 is 44.0 Å². The number of carbonyl (C=O) groups is 2. The van der Waals surface area contributed by atoms with Crippen molar-refractivity contribution in [2.45, 2.75) is 6.92 Å². The Hall–Kier alpha value is -3.59. The number of hydrogen-bond acceptors (Lipinski definition) is 5. The molecular formula is C22H23N3O5S. The molecule has 0 aliphatic heterocycles. The topological polar surface area (TPSA) is 114 Å². The van der Waals surface area contributed by atoms with Crippen LogP contribution in [0.4, 0.5) is 11.4 Å². The van der Waals surface area contributed by atoms with E-state index in [1.165, 1.54) is 25.1 Å². The van der Waals surface area contributed by atoms with E-state index in [4.69, 9.17) is 4.74 Å². The third kappa shape index (κ3) is 6.19. The highest BCUT2D eigenvalue weighted by Crippen LogP contribution is 2.25. The van der Waals surface area contributed by atoms with Gasteiger partial charge < -0.3 is 15.4 Å².